The average Bonchev–Trinajstić information content (AvgIpc) is 2.66. The minimum absolute atomic E-state index is 0.111. The van der Waals surface area contributed by atoms with E-state index in [4.69, 9.17) is 4.74 Å². The quantitative estimate of drug-likeness (QED) is 0.708. The smallest absolute Gasteiger partial charge is 0.409 e. The molecule has 1 aliphatic rings. The van der Waals surface area contributed by atoms with Crippen LogP contribution in [0.4, 0.5) is 4.79 Å². The van der Waals surface area contributed by atoms with Gasteiger partial charge in [-0.2, -0.15) is 4.72 Å². The van der Waals surface area contributed by atoms with Crippen molar-refractivity contribution in [2.75, 3.05) is 19.7 Å². The number of likely N-dealkylation sites (tertiary alicyclic amines) is 1. The molecule has 0 spiro atoms. The first-order valence-electron chi connectivity index (χ1n) is 10.3. The van der Waals surface area contributed by atoms with E-state index >= 15 is 0 Å². The molecular formula is C21H33N3O5S. The Labute approximate surface area is 179 Å². The minimum Gasteiger partial charge on any atom is -0.450 e. The molecule has 1 atom stereocenters. The van der Waals surface area contributed by atoms with E-state index in [1.54, 1.807) is 25.7 Å². The number of carbonyl (C=O) groups excluding carboxylic acids is 2. The Bertz CT molecular complexity index is 879. The lowest BCUT2D eigenvalue weighted by Gasteiger charge is -2.32. The van der Waals surface area contributed by atoms with Gasteiger partial charge in [0.05, 0.1) is 17.5 Å². The molecule has 1 heterocycles. The Hall–Kier alpha value is -2.13. The summed E-state index contributed by atoms with van der Waals surface area (Å²) in [6, 6.07) is 0.931. The number of sulfonamides is 1. The summed E-state index contributed by atoms with van der Waals surface area (Å²) >= 11 is 0. The molecule has 1 aromatic rings. The van der Waals surface area contributed by atoms with Crippen molar-refractivity contribution in [3.63, 3.8) is 0 Å². The number of amides is 2. The second kappa shape index (κ2) is 9.78. The van der Waals surface area contributed by atoms with Gasteiger partial charge in [-0.1, -0.05) is 6.07 Å². The summed E-state index contributed by atoms with van der Waals surface area (Å²) in [5, 5.41) is 2.89. The van der Waals surface area contributed by atoms with Crippen LogP contribution in [0.2, 0.25) is 0 Å². The maximum Gasteiger partial charge on any atom is 0.409 e. The van der Waals surface area contributed by atoms with Gasteiger partial charge in [0.25, 0.3) is 0 Å². The summed E-state index contributed by atoms with van der Waals surface area (Å²) in [5.74, 6) is -0.382. The number of piperidine rings is 1. The summed E-state index contributed by atoms with van der Waals surface area (Å²) in [6.45, 7) is 11.9. The van der Waals surface area contributed by atoms with Crippen molar-refractivity contribution in [1.29, 1.82) is 0 Å². The van der Waals surface area contributed by atoms with Gasteiger partial charge in [0.2, 0.25) is 15.9 Å². The highest BCUT2D eigenvalue weighted by Crippen LogP contribution is 2.26. The zero-order chi connectivity index (χ0) is 22.6. The zero-order valence-electron chi connectivity index (χ0n) is 18.7. The molecule has 1 fully saturated rings. The van der Waals surface area contributed by atoms with Crippen LogP contribution in [0, 0.1) is 27.7 Å². The standard InChI is InChI=1S/C21H33N3O5S/c1-7-29-21(26)24-10-8-18(9-11-24)22-20(25)17(6)23-30(27,28)19-15(4)13(2)12-14(3)16(19)5/h12,17-18,23H,7-11H2,1-6H3,(H,22,25)/t17-/m0/s1. The molecule has 2 rings (SSSR count). The summed E-state index contributed by atoms with van der Waals surface area (Å²) < 4.78 is 33.5. The van der Waals surface area contributed by atoms with Crippen molar-refractivity contribution in [2.24, 2.45) is 0 Å². The van der Waals surface area contributed by atoms with Crippen LogP contribution in [0.5, 0.6) is 0 Å². The lowest BCUT2D eigenvalue weighted by atomic mass is 10.0. The number of nitrogens with zero attached hydrogens (tertiary/aromatic N) is 1. The van der Waals surface area contributed by atoms with Gasteiger partial charge in [0.15, 0.2) is 0 Å². The zero-order valence-corrected chi connectivity index (χ0v) is 19.5. The molecule has 0 aromatic heterocycles. The summed E-state index contributed by atoms with van der Waals surface area (Å²) in [6.07, 6.45) is 0.848. The van der Waals surface area contributed by atoms with E-state index in [9.17, 15) is 18.0 Å². The maximum absolute atomic E-state index is 13.0. The van der Waals surface area contributed by atoms with Crippen LogP contribution in [0.3, 0.4) is 0 Å². The average molecular weight is 440 g/mol. The Morgan fingerprint density at radius 2 is 1.67 bits per heavy atom. The minimum atomic E-state index is -3.86. The van der Waals surface area contributed by atoms with Crippen molar-refractivity contribution in [1.82, 2.24) is 14.9 Å². The second-order valence-electron chi connectivity index (χ2n) is 7.90. The highest BCUT2D eigenvalue weighted by molar-refractivity contribution is 7.89. The first-order chi connectivity index (χ1) is 14.0. The number of nitrogens with one attached hydrogen (secondary N) is 2. The first-order valence-corrected chi connectivity index (χ1v) is 11.8. The van der Waals surface area contributed by atoms with Crippen molar-refractivity contribution in [3.05, 3.63) is 28.3 Å². The number of benzene rings is 1. The van der Waals surface area contributed by atoms with Gasteiger partial charge in [-0.05, 0) is 76.6 Å². The van der Waals surface area contributed by atoms with E-state index in [0.29, 0.717) is 43.7 Å². The number of ether oxygens (including phenoxy) is 1. The molecule has 2 N–H and O–H groups in total. The fraction of sp³-hybridized carbons (Fsp3) is 0.619. The molecule has 1 aliphatic heterocycles. The van der Waals surface area contributed by atoms with Gasteiger partial charge in [0.1, 0.15) is 0 Å². The van der Waals surface area contributed by atoms with Crippen molar-refractivity contribution in [3.8, 4) is 0 Å². The highest BCUT2D eigenvalue weighted by atomic mass is 32.2. The number of aryl methyl sites for hydroxylation is 2. The van der Waals surface area contributed by atoms with Gasteiger partial charge in [-0.3, -0.25) is 4.79 Å². The van der Waals surface area contributed by atoms with E-state index in [2.05, 4.69) is 10.0 Å². The van der Waals surface area contributed by atoms with E-state index in [-0.39, 0.29) is 22.9 Å². The summed E-state index contributed by atoms with van der Waals surface area (Å²) in [4.78, 5) is 26.2. The third-order valence-corrected chi connectivity index (χ3v) is 7.47. The molecule has 0 saturated carbocycles. The molecule has 0 unspecified atom stereocenters. The van der Waals surface area contributed by atoms with Crippen molar-refractivity contribution < 1.29 is 22.7 Å². The Kier molecular flexibility index (Phi) is 7.87. The molecule has 2 amide bonds. The topological polar surface area (TPSA) is 105 Å². The first kappa shape index (κ1) is 24.1. The molecule has 0 radical (unpaired) electrons. The normalized spacial score (nSPS) is 16.3. The van der Waals surface area contributed by atoms with Gasteiger partial charge in [-0.15, -0.1) is 0 Å². The second-order valence-corrected chi connectivity index (χ2v) is 9.55. The van der Waals surface area contributed by atoms with E-state index < -0.39 is 16.1 Å². The predicted octanol–water partition coefficient (Wildman–Crippen LogP) is 2.32. The van der Waals surface area contributed by atoms with Crippen LogP contribution < -0.4 is 10.0 Å². The maximum atomic E-state index is 13.0. The largest absolute Gasteiger partial charge is 0.450 e. The van der Waals surface area contributed by atoms with E-state index in [0.717, 1.165) is 11.1 Å². The molecule has 9 heteroatoms. The SMILES string of the molecule is CCOC(=O)N1CCC(NC(=O)[C@H](C)NS(=O)(=O)c2c(C)c(C)cc(C)c2C)CC1. The van der Waals surface area contributed by atoms with Gasteiger partial charge in [-0.25, -0.2) is 13.2 Å². The third kappa shape index (κ3) is 5.51. The Balaban J connectivity index is 2.01. The van der Waals surface area contributed by atoms with Crippen molar-refractivity contribution >= 4 is 22.0 Å². The van der Waals surface area contributed by atoms with Crippen LogP contribution in [0.1, 0.15) is 48.9 Å². The lowest BCUT2D eigenvalue weighted by Crippen LogP contribution is -2.51. The Morgan fingerprint density at radius 3 is 2.17 bits per heavy atom. The molecule has 30 heavy (non-hydrogen) atoms. The molecule has 168 valence electrons. The molecular weight excluding hydrogens is 406 g/mol. The monoisotopic (exact) mass is 439 g/mol. The van der Waals surface area contributed by atoms with Crippen molar-refractivity contribution in [2.45, 2.75) is 71.4 Å². The van der Waals surface area contributed by atoms with Crippen LogP contribution >= 0.6 is 0 Å². The van der Waals surface area contributed by atoms with Gasteiger partial charge in [0, 0.05) is 19.1 Å². The van der Waals surface area contributed by atoms with Crippen LogP contribution in [-0.4, -0.2) is 57.1 Å². The fourth-order valence-corrected chi connectivity index (χ4v) is 5.49. The predicted molar refractivity (Wildman–Crippen MR) is 115 cm³/mol. The van der Waals surface area contributed by atoms with Gasteiger partial charge >= 0.3 is 6.09 Å². The molecule has 1 saturated heterocycles. The van der Waals surface area contributed by atoms with Crippen LogP contribution in [0.15, 0.2) is 11.0 Å². The number of carbonyl (C=O) groups is 2. The number of hydrogen-bond donors (Lipinski definition) is 2. The lowest BCUT2D eigenvalue weighted by molar-refractivity contribution is -0.123. The number of rotatable bonds is 6. The number of hydrogen-bond acceptors (Lipinski definition) is 5. The molecule has 1 aromatic carbocycles. The van der Waals surface area contributed by atoms with Gasteiger partial charge < -0.3 is 15.0 Å². The highest BCUT2D eigenvalue weighted by Gasteiger charge is 2.29. The van der Waals surface area contributed by atoms with E-state index in [1.807, 2.05) is 19.9 Å². The van der Waals surface area contributed by atoms with E-state index in [1.165, 1.54) is 6.92 Å². The van der Waals surface area contributed by atoms with Crippen LogP contribution in [-0.2, 0) is 19.6 Å². The summed E-state index contributed by atoms with van der Waals surface area (Å²) in [5.41, 5.74) is 3.15. The Morgan fingerprint density at radius 1 is 1.13 bits per heavy atom. The molecule has 8 nitrogen and oxygen atoms in total. The molecule has 0 bridgehead atoms. The molecule has 0 aliphatic carbocycles. The van der Waals surface area contributed by atoms with Crippen LogP contribution in [0.25, 0.3) is 0 Å². The summed E-state index contributed by atoms with van der Waals surface area (Å²) in [7, 11) is -3.86. The third-order valence-electron chi connectivity index (χ3n) is 5.66. The fourth-order valence-electron chi connectivity index (χ4n) is 3.68.